The molecule has 0 radical (unpaired) electrons. The topological polar surface area (TPSA) is 92.3 Å². The Morgan fingerprint density at radius 3 is 2.50 bits per heavy atom. The van der Waals surface area contributed by atoms with Gasteiger partial charge in [-0.05, 0) is 31.2 Å². The van der Waals surface area contributed by atoms with E-state index in [-0.39, 0.29) is 10.8 Å². The fourth-order valence-electron chi connectivity index (χ4n) is 2.14. The van der Waals surface area contributed by atoms with Gasteiger partial charge in [-0.15, -0.1) is 0 Å². The van der Waals surface area contributed by atoms with Crippen LogP contribution in [0.2, 0.25) is 0 Å². The van der Waals surface area contributed by atoms with Crippen molar-refractivity contribution < 1.29 is 13.2 Å². The minimum absolute atomic E-state index is 0.00687. The summed E-state index contributed by atoms with van der Waals surface area (Å²) in [7, 11) is -0.341. The van der Waals surface area contributed by atoms with E-state index >= 15 is 0 Å². The summed E-state index contributed by atoms with van der Waals surface area (Å²) in [6, 6.07) is 6.52. The van der Waals surface area contributed by atoms with Crippen molar-refractivity contribution in [2.75, 3.05) is 14.1 Å². The van der Waals surface area contributed by atoms with Crippen molar-refractivity contribution in [2.24, 2.45) is 0 Å². The molecule has 2 aromatic rings. The summed E-state index contributed by atoms with van der Waals surface area (Å²) in [4.78, 5) is 22.1. The molecule has 1 N–H and O–H groups in total. The molecule has 0 aliphatic carbocycles. The first kappa shape index (κ1) is 18.0. The number of rotatable bonds is 7. The molecule has 1 aromatic carbocycles. The molecule has 0 bridgehead atoms. The van der Waals surface area contributed by atoms with Gasteiger partial charge in [-0.3, -0.25) is 14.8 Å². The van der Waals surface area contributed by atoms with Crippen LogP contribution in [0.15, 0.2) is 47.8 Å². The maximum atomic E-state index is 12.2. The highest BCUT2D eigenvalue weighted by Gasteiger charge is 2.12. The highest BCUT2D eigenvalue weighted by Crippen LogP contribution is 2.12. The smallest absolute Gasteiger partial charge is 0.240 e. The van der Waals surface area contributed by atoms with Gasteiger partial charge < -0.3 is 4.90 Å². The average Bonchev–Trinajstić information content (AvgIpc) is 2.60. The van der Waals surface area contributed by atoms with Crippen LogP contribution in [-0.2, 0) is 27.8 Å². The van der Waals surface area contributed by atoms with Crippen molar-refractivity contribution >= 4 is 15.9 Å². The predicted molar refractivity (Wildman–Crippen MR) is 89.5 cm³/mol. The van der Waals surface area contributed by atoms with Crippen LogP contribution < -0.4 is 4.72 Å². The van der Waals surface area contributed by atoms with E-state index in [1.807, 2.05) is 0 Å². The van der Waals surface area contributed by atoms with E-state index < -0.39 is 10.0 Å². The second-order valence-corrected chi connectivity index (χ2v) is 7.18. The van der Waals surface area contributed by atoms with E-state index in [0.717, 1.165) is 11.3 Å². The fraction of sp³-hybridized carbons (Fsp3) is 0.312. The van der Waals surface area contributed by atoms with Gasteiger partial charge in [0.2, 0.25) is 15.9 Å². The van der Waals surface area contributed by atoms with E-state index in [9.17, 15) is 13.2 Å². The second kappa shape index (κ2) is 7.98. The average molecular weight is 348 g/mol. The molecular weight excluding hydrogens is 328 g/mol. The quantitative estimate of drug-likeness (QED) is 0.805. The number of sulfonamides is 1. The van der Waals surface area contributed by atoms with Gasteiger partial charge in [0.15, 0.2) is 0 Å². The first-order chi connectivity index (χ1) is 11.4. The molecule has 1 heterocycles. The zero-order chi connectivity index (χ0) is 17.6. The van der Waals surface area contributed by atoms with E-state index in [1.165, 1.54) is 19.2 Å². The molecule has 7 nitrogen and oxygen atoms in total. The van der Waals surface area contributed by atoms with Gasteiger partial charge in [0.05, 0.1) is 23.3 Å². The second-order valence-electron chi connectivity index (χ2n) is 5.30. The molecule has 0 aliphatic heterocycles. The molecule has 2 rings (SSSR count). The summed E-state index contributed by atoms with van der Waals surface area (Å²) in [5.41, 5.74) is 1.64. The molecule has 0 atom stereocenters. The molecule has 8 heteroatoms. The number of hydrogen-bond acceptors (Lipinski definition) is 5. The van der Waals surface area contributed by atoms with Gasteiger partial charge in [0.1, 0.15) is 0 Å². The largest absolute Gasteiger partial charge is 0.340 e. The lowest BCUT2D eigenvalue weighted by Crippen LogP contribution is -2.26. The summed E-state index contributed by atoms with van der Waals surface area (Å²) in [6.07, 6.45) is 5.70. The first-order valence-corrected chi connectivity index (χ1v) is 8.92. The van der Waals surface area contributed by atoms with E-state index in [0.29, 0.717) is 19.4 Å². The van der Waals surface area contributed by atoms with Crippen LogP contribution in [0.3, 0.4) is 0 Å². The van der Waals surface area contributed by atoms with E-state index in [2.05, 4.69) is 14.7 Å². The van der Waals surface area contributed by atoms with Crippen molar-refractivity contribution in [1.82, 2.24) is 19.6 Å². The summed E-state index contributed by atoms with van der Waals surface area (Å²) in [5.74, 6) is -0.00687. The third-order valence-electron chi connectivity index (χ3n) is 3.57. The summed E-state index contributed by atoms with van der Waals surface area (Å²) >= 11 is 0. The van der Waals surface area contributed by atoms with Gasteiger partial charge in [-0.25, -0.2) is 13.1 Å². The van der Waals surface area contributed by atoms with Crippen LogP contribution in [0.4, 0.5) is 0 Å². The third kappa shape index (κ3) is 4.84. The number of benzene rings is 1. The molecule has 0 aliphatic rings. The number of carbonyl (C=O) groups is 1. The normalized spacial score (nSPS) is 11.2. The molecule has 0 unspecified atom stereocenters. The standard InChI is InChI=1S/C16H20N4O3S/c1-17-24(22,23)15-6-3-13(4-7-15)5-8-16(21)20(2)12-14-11-18-9-10-19-14/h3-4,6-7,9-11,17H,5,8,12H2,1-2H3. The van der Waals surface area contributed by atoms with E-state index in [1.54, 1.807) is 42.7 Å². The minimum atomic E-state index is -3.43. The van der Waals surface area contributed by atoms with Gasteiger partial charge in [-0.2, -0.15) is 0 Å². The Kier molecular flexibility index (Phi) is 5.99. The lowest BCUT2D eigenvalue weighted by Gasteiger charge is -2.16. The summed E-state index contributed by atoms with van der Waals surface area (Å²) in [6.45, 7) is 0.409. The van der Waals surface area contributed by atoms with E-state index in [4.69, 9.17) is 0 Å². The Morgan fingerprint density at radius 2 is 1.92 bits per heavy atom. The predicted octanol–water partition coefficient (Wildman–Crippen LogP) is 0.976. The van der Waals surface area contributed by atoms with Crippen molar-refractivity contribution in [3.05, 3.63) is 54.1 Å². The van der Waals surface area contributed by atoms with Crippen molar-refractivity contribution in [3.8, 4) is 0 Å². The lowest BCUT2D eigenvalue weighted by molar-refractivity contribution is -0.130. The van der Waals surface area contributed by atoms with Crippen molar-refractivity contribution in [3.63, 3.8) is 0 Å². The highest BCUT2D eigenvalue weighted by molar-refractivity contribution is 7.89. The van der Waals surface area contributed by atoms with Gasteiger partial charge in [-0.1, -0.05) is 12.1 Å². The van der Waals surface area contributed by atoms with Crippen LogP contribution >= 0.6 is 0 Å². The van der Waals surface area contributed by atoms with Crippen LogP contribution in [0, 0.1) is 0 Å². The van der Waals surface area contributed by atoms with Crippen molar-refractivity contribution in [2.45, 2.75) is 24.3 Å². The molecule has 0 saturated heterocycles. The number of hydrogen-bond donors (Lipinski definition) is 1. The van der Waals surface area contributed by atoms with Crippen LogP contribution in [-0.4, -0.2) is 43.3 Å². The Hall–Kier alpha value is -2.32. The summed E-state index contributed by atoms with van der Waals surface area (Å²) in [5, 5.41) is 0. The van der Waals surface area contributed by atoms with Gasteiger partial charge in [0.25, 0.3) is 0 Å². The van der Waals surface area contributed by atoms with Gasteiger partial charge >= 0.3 is 0 Å². The third-order valence-corrected chi connectivity index (χ3v) is 5.00. The number of nitrogens with one attached hydrogen (secondary N) is 1. The minimum Gasteiger partial charge on any atom is -0.340 e. The monoisotopic (exact) mass is 348 g/mol. The fourth-order valence-corrected chi connectivity index (χ4v) is 2.87. The highest BCUT2D eigenvalue weighted by atomic mass is 32.2. The van der Waals surface area contributed by atoms with Crippen LogP contribution in [0.5, 0.6) is 0 Å². The number of amides is 1. The van der Waals surface area contributed by atoms with Crippen LogP contribution in [0.1, 0.15) is 17.7 Å². The number of aryl methyl sites for hydroxylation is 1. The number of carbonyl (C=O) groups excluding carboxylic acids is 1. The molecule has 0 fully saturated rings. The maximum absolute atomic E-state index is 12.2. The summed E-state index contributed by atoms with van der Waals surface area (Å²) < 4.78 is 25.6. The molecule has 128 valence electrons. The zero-order valence-corrected chi connectivity index (χ0v) is 14.5. The Morgan fingerprint density at radius 1 is 1.21 bits per heavy atom. The molecular formula is C16H20N4O3S. The first-order valence-electron chi connectivity index (χ1n) is 7.43. The Labute approximate surface area is 141 Å². The lowest BCUT2D eigenvalue weighted by atomic mass is 10.1. The van der Waals surface area contributed by atoms with Gasteiger partial charge in [0, 0.05) is 25.9 Å². The zero-order valence-electron chi connectivity index (χ0n) is 13.6. The molecule has 1 aromatic heterocycles. The molecule has 24 heavy (non-hydrogen) atoms. The Balaban J connectivity index is 1.89. The SMILES string of the molecule is CNS(=O)(=O)c1ccc(CCC(=O)N(C)Cc2cnccn2)cc1. The van der Waals surface area contributed by atoms with Crippen molar-refractivity contribution in [1.29, 1.82) is 0 Å². The molecule has 0 spiro atoms. The Bertz CT molecular complexity index is 777. The number of aromatic nitrogens is 2. The maximum Gasteiger partial charge on any atom is 0.240 e. The molecule has 1 amide bonds. The van der Waals surface area contributed by atoms with Crippen LogP contribution in [0.25, 0.3) is 0 Å². The molecule has 0 saturated carbocycles. The number of nitrogens with zero attached hydrogens (tertiary/aromatic N) is 3.